The number of unbranched alkanes of at least 4 members (excludes halogenated alkanes) is 1. The number of carbonyl (C=O) groups excluding carboxylic acids is 2. The first-order chi connectivity index (χ1) is 8.19. The van der Waals surface area contributed by atoms with Crippen LogP contribution in [-0.4, -0.2) is 61.5 Å². The van der Waals surface area contributed by atoms with Crippen LogP contribution in [0.3, 0.4) is 0 Å². The molecule has 0 radical (unpaired) electrons. The highest BCUT2D eigenvalue weighted by atomic mass is 16.5. The molecule has 17 heavy (non-hydrogen) atoms. The number of piperazine rings is 1. The van der Waals surface area contributed by atoms with E-state index in [2.05, 4.69) is 6.92 Å². The lowest BCUT2D eigenvalue weighted by Gasteiger charge is -2.34. The highest BCUT2D eigenvalue weighted by Gasteiger charge is 2.23. The van der Waals surface area contributed by atoms with Gasteiger partial charge in [-0.25, -0.2) is 0 Å². The summed E-state index contributed by atoms with van der Waals surface area (Å²) >= 11 is 0. The molecule has 2 amide bonds. The van der Waals surface area contributed by atoms with Crippen molar-refractivity contribution in [3.8, 4) is 0 Å². The zero-order valence-corrected chi connectivity index (χ0v) is 10.8. The summed E-state index contributed by atoms with van der Waals surface area (Å²) in [5.41, 5.74) is 0. The van der Waals surface area contributed by atoms with Crippen molar-refractivity contribution in [1.29, 1.82) is 0 Å². The Morgan fingerprint density at radius 1 is 1.06 bits per heavy atom. The third-order valence-electron chi connectivity index (χ3n) is 3.00. The van der Waals surface area contributed by atoms with E-state index in [1.807, 2.05) is 4.90 Å². The number of rotatable bonds is 5. The molecule has 98 valence electrons. The van der Waals surface area contributed by atoms with Crippen LogP contribution in [0.25, 0.3) is 0 Å². The number of amides is 2. The van der Waals surface area contributed by atoms with Gasteiger partial charge >= 0.3 is 0 Å². The summed E-state index contributed by atoms with van der Waals surface area (Å²) in [5.74, 6) is 0.221. The van der Waals surface area contributed by atoms with E-state index in [0.717, 1.165) is 12.8 Å². The zero-order chi connectivity index (χ0) is 12.7. The van der Waals surface area contributed by atoms with Crippen LogP contribution in [0.1, 0.15) is 26.2 Å². The Balaban J connectivity index is 2.30. The predicted molar refractivity (Wildman–Crippen MR) is 64.6 cm³/mol. The molecule has 0 bridgehead atoms. The second-order valence-corrected chi connectivity index (χ2v) is 4.30. The summed E-state index contributed by atoms with van der Waals surface area (Å²) in [6.45, 7) is 4.76. The summed E-state index contributed by atoms with van der Waals surface area (Å²) in [6, 6.07) is 0. The van der Waals surface area contributed by atoms with Crippen LogP contribution in [0.4, 0.5) is 0 Å². The van der Waals surface area contributed by atoms with Gasteiger partial charge in [0.25, 0.3) is 0 Å². The van der Waals surface area contributed by atoms with Crippen LogP contribution >= 0.6 is 0 Å². The Kier molecular flexibility index (Phi) is 5.97. The number of hydrogen-bond donors (Lipinski definition) is 0. The van der Waals surface area contributed by atoms with Crippen molar-refractivity contribution < 1.29 is 14.3 Å². The lowest BCUT2D eigenvalue weighted by Crippen LogP contribution is -2.51. The quantitative estimate of drug-likeness (QED) is 0.705. The second-order valence-electron chi connectivity index (χ2n) is 4.30. The van der Waals surface area contributed by atoms with E-state index >= 15 is 0 Å². The van der Waals surface area contributed by atoms with E-state index in [1.165, 1.54) is 7.11 Å². The van der Waals surface area contributed by atoms with Crippen LogP contribution in [0.5, 0.6) is 0 Å². The molecular weight excluding hydrogens is 220 g/mol. The largest absolute Gasteiger partial charge is 0.375 e. The normalized spacial score (nSPS) is 16.1. The minimum atomic E-state index is 0.00755. The average Bonchev–Trinajstić information content (AvgIpc) is 2.36. The van der Waals surface area contributed by atoms with Crippen molar-refractivity contribution in [1.82, 2.24) is 9.80 Å². The van der Waals surface area contributed by atoms with E-state index in [4.69, 9.17) is 4.74 Å². The molecule has 1 aliphatic heterocycles. The van der Waals surface area contributed by atoms with Crippen LogP contribution in [-0.2, 0) is 14.3 Å². The van der Waals surface area contributed by atoms with Gasteiger partial charge in [-0.2, -0.15) is 0 Å². The molecular formula is C12H22N2O3. The van der Waals surface area contributed by atoms with E-state index < -0.39 is 0 Å². The fourth-order valence-electron chi connectivity index (χ4n) is 1.91. The Labute approximate surface area is 103 Å². The Morgan fingerprint density at radius 3 is 2.06 bits per heavy atom. The molecule has 5 heteroatoms. The predicted octanol–water partition coefficient (Wildman–Crippen LogP) is 0.494. The molecule has 0 N–H and O–H groups in total. The Bertz CT molecular complexity index is 260. The van der Waals surface area contributed by atoms with Gasteiger partial charge in [0, 0.05) is 39.7 Å². The summed E-state index contributed by atoms with van der Waals surface area (Å²) in [5, 5.41) is 0. The lowest BCUT2D eigenvalue weighted by molar-refractivity contribution is -0.141. The smallest absolute Gasteiger partial charge is 0.248 e. The first kappa shape index (κ1) is 14.0. The fourth-order valence-corrected chi connectivity index (χ4v) is 1.91. The average molecular weight is 242 g/mol. The van der Waals surface area contributed by atoms with Gasteiger partial charge in [-0.15, -0.1) is 0 Å². The molecule has 0 spiro atoms. The van der Waals surface area contributed by atoms with E-state index in [9.17, 15) is 9.59 Å². The van der Waals surface area contributed by atoms with Gasteiger partial charge in [0.05, 0.1) is 0 Å². The molecule has 0 aromatic carbocycles. The molecule has 0 aliphatic carbocycles. The molecule has 5 nitrogen and oxygen atoms in total. The molecule has 0 unspecified atom stereocenters. The first-order valence-corrected chi connectivity index (χ1v) is 6.23. The lowest BCUT2D eigenvalue weighted by atomic mass is 10.2. The van der Waals surface area contributed by atoms with Crippen LogP contribution in [0.15, 0.2) is 0 Å². The highest BCUT2D eigenvalue weighted by molar-refractivity contribution is 5.79. The van der Waals surface area contributed by atoms with Crippen molar-refractivity contribution in [2.45, 2.75) is 26.2 Å². The van der Waals surface area contributed by atoms with Crippen molar-refractivity contribution in [3.63, 3.8) is 0 Å². The van der Waals surface area contributed by atoms with Gasteiger partial charge in [0.15, 0.2) is 0 Å². The standard InChI is InChI=1S/C12H22N2O3/c1-3-4-5-11(15)13-6-8-14(9-7-13)12(16)10-17-2/h3-10H2,1-2H3. The third kappa shape index (κ3) is 4.34. The number of hydrogen-bond acceptors (Lipinski definition) is 3. The van der Waals surface area contributed by atoms with Gasteiger partial charge in [0.2, 0.25) is 11.8 Å². The number of methoxy groups -OCH3 is 1. The minimum Gasteiger partial charge on any atom is -0.375 e. The number of nitrogens with zero attached hydrogens (tertiary/aromatic N) is 2. The van der Waals surface area contributed by atoms with Crippen LogP contribution in [0.2, 0.25) is 0 Å². The molecule has 1 heterocycles. The molecule has 1 rings (SSSR count). The molecule has 0 aromatic heterocycles. The van der Waals surface area contributed by atoms with Gasteiger partial charge in [-0.1, -0.05) is 13.3 Å². The Morgan fingerprint density at radius 2 is 1.59 bits per heavy atom. The maximum atomic E-state index is 11.8. The monoisotopic (exact) mass is 242 g/mol. The van der Waals surface area contributed by atoms with Crippen molar-refractivity contribution in [2.75, 3.05) is 39.9 Å². The maximum absolute atomic E-state index is 11.8. The summed E-state index contributed by atoms with van der Waals surface area (Å²) in [7, 11) is 1.52. The van der Waals surface area contributed by atoms with Gasteiger partial charge in [-0.3, -0.25) is 9.59 Å². The highest BCUT2D eigenvalue weighted by Crippen LogP contribution is 2.06. The summed E-state index contributed by atoms with van der Waals surface area (Å²) < 4.78 is 4.81. The van der Waals surface area contributed by atoms with Crippen molar-refractivity contribution in [3.05, 3.63) is 0 Å². The maximum Gasteiger partial charge on any atom is 0.248 e. The number of carbonyl (C=O) groups is 2. The van der Waals surface area contributed by atoms with E-state index in [-0.39, 0.29) is 18.4 Å². The molecule has 0 saturated carbocycles. The Hall–Kier alpha value is -1.10. The molecule has 1 fully saturated rings. The molecule has 1 saturated heterocycles. The summed E-state index contributed by atoms with van der Waals surface area (Å²) in [4.78, 5) is 26.9. The molecule has 1 aliphatic rings. The fraction of sp³-hybridized carbons (Fsp3) is 0.833. The van der Waals surface area contributed by atoms with Gasteiger partial charge in [-0.05, 0) is 6.42 Å². The third-order valence-corrected chi connectivity index (χ3v) is 3.00. The van der Waals surface area contributed by atoms with E-state index in [0.29, 0.717) is 32.6 Å². The number of ether oxygens (including phenoxy) is 1. The first-order valence-electron chi connectivity index (χ1n) is 6.23. The molecule has 0 atom stereocenters. The van der Waals surface area contributed by atoms with Crippen molar-refractivity contribution in [2.24, 2.45) is 0 Å². The van der Waals surface area contributed by atoms with Gasteiger partial charge in [0.1, 0.15) is 6.61 Å². The van der Waals surface area contributed by atoms with Crippen LogP contribution in [0, 0.1) is 0 Å². The topological polar surface area (TPSA) is 49.9 Å². The molecule has 0 aromatic rings. The minimum absolute atomic E-state index is 0.00755. The second kappa shape index (κ2) is 7.27. The van der Waals surface area contributed by atoms with Crippen LogP contribution < -0.4 is 0 Å². The summed E-state index contributed by atoms with van der Waals surface area (Å²) in [6.07, 6.45) is 2.61. The van der Waals surface area contributed by atoms with E-state index in [1.54, 1.807) is 4.90 Å². The van der Waals surface area contributed by atoms with Crippen molar-refractivity contribution >= 4 is 11.8 Å². The SMILES string of the molecule is CCCCC(=O)N1CCN(C(=O)COC)CC1. The van der Waals surface area contributed by atoms with Gasteiger partial charge < -0.3 is 14.5 Å². The zero-order valence-electron chi connectivity index (χ0n) is 10.8.